The molecule has 0 bridgehead atoms. The van der Waals surface area contributed by atoms with E-state index in [4.69, 9.17) is 4.98 Å². The number of piperazine rings is 1. The van der Waals surface area contributed by atoms with Crippen LogP contribution >= 0.6 is 0 Å². The number of amides is 1. The smallest absolute Gasteiger partial charge is 0.225 e. The van der Waals surface area contributed by atoms with Gasteiger partial charge in [0.25, 0.3) is 0 Å². The van der Waals surface area contributed by atoms with E-state index in [2.05, 4.69) is 21.7 Å². The lowest BCUT2D eigenvalue weighted by molar-refractivity contribution is -0.131. The van der Waals surface area contributed by atoms with Crippen LogP contribution in [0.15, 0.2) is 6.20 Å². The highest BCUT2D eigenvalue weighted by Crippen LogP contribution is 2.26. The van der Waals surface area contributed by atoms with Crippen molar-refractivity contribution >= 4 is 11.9 Å². The lowest BCUT2D eigenvalue weighted by Crippen LogP contribution is -2.52. The van der Waals surface area contributed by atoms with Gasteiger partial charge in [-0.1, -0.05) is 19.8 Å². The first-order valence-corrected chi connectivity index (χ1v) is 10.9. The molecular formula is C21H33N5O. The summed E-state index contributed by atoms with van der Waals surface area (Å²) in [5, 5.41) is 0. The summed E-state index contributed by atoms with van der Waals surface area (Å²) in [6.45, 7) is 8.04. The lowest BCUT2D eigenvalue weighted by atomic mass is 9.91. The summed E-state index contributed by atoms with van der Waals surface area (Å²) in [6, 6.07) is 0.830. The summed E-state index contributed by atoms with van der Waals surface area (Å²) >= 11 is 0. The molecule has 1 aromatic rings. The highest BCUT2D eigenvalue weighted by atomic mass is 16.2. The molecule has 6 heteroatoms. The van der Waals surface area contributed by atoms with Gasteiger partial charge in [-0.25, -0.2) is 9.97 Å². The number of anilines is 1. The van der Waals surface area contributed by atoms with Crippen LogP contribution in [0.4, 0.5) is 5.95 Å². The van der Waals surface area contributed by atoms with Crippen LogP contribution in [0.2, 0.25) is 0 Å². The van der Waals surface area contributed by atoms with E-state index in [-0.39, 0.29) is 0 Å². The number of aromatic nitrogens is 2. The first-order chi connectivity index (χ1) is 13.2. The van der Waals surface area contributed by atoms with Gasteiger partial charge in [0.2, 0.25) is 11.9 Å². The van der Waals surface area contributed by atoms with Gasteiger partial charge in [-0.2, -0.15) is 0 Å². The molecule has 1 saturated heterocycles. The Morgan fingerprint density at radius 1 is 1.11 bits per heavy atom. The minimum Gasteiger partial charge on any atom is -0.342 e. The van der Waals surface area contributed by atoms with E-state index in [0.717, 1.165) is 82.6 Å². The van der Waals surface area contributed by atoms with E-state index in [1.807, 2.05) is 11.1 Å². The second-order valence-corrected chi connectivity index (χ2v) is 8.23. The summed E-state index contributed by atoms with van der Waals surface area (Å²) in [7, 11) is 0. The first-order valence-electron chi connectivity index (χ1n) is 10.9. The lowest BCUT2D eigenvalue weighted by Gasteiger charge is -2.43. The SMILES string of the molecule is CCCCC(=O)N1CCc2cnc(N3CCN(C4CCC4)CC3)nc2CC1. The Kier molecular flexibility index (Phi) is 5.91. The molecule has 0 radical (unpaired) electrons. The van der Waals surface area contributed by atoms with Crippen LogP contribution < -0.4 is 4.90 Å². The number of unbranched alkanes of at least 4 members (excludes halogenated alkanes) is 1. The zero-order valence-corrected chi connectivity index (χ0v) is 16.7. The van der Waals surface area contributed by atoms with Gasteiger partial charge in [0, 0.05) is 64.3 Å². The summed E-state index contributed by atoms with van der Waals surface area (Å²) in [6.07, 6.45) is 10.6. The molecule has 148 valence electrons. The minimum atomic E-state index is 0.296. The summed E-state index contributed by atoms with van der Waals surface area (Å²) in [5.41, 5.74) is 2.37. The Bertz CT molecular complexity index is 652. The molecule has 0 N–H and O–H groups in total. The van der Waals surface area contributed by atoms with Crippen LogP contribution in [0.5, 0.6) is 0 Å². The van der Waals surface area contributed by atoms with Crippen LogP contribution in [0.3, 0.4) is 0 Å². The normalized spacial score (nSPS) is 21.5. The van der Waals surface area contributed by atoms with E-state index < -0.39 is 0 Å². The molecule has 1 aliphatic carbocycles. The average Bonchev–Trinajstić information content (AvgIpc) is 2.87. The largest absolute Gasteiger partial charge is 0.342 e. The van der Waals surface area contributed by atoms with Gasteiger partial charge in [0.1, 0.15) is 0 Å². The second-order valence-electron chi connectivity index (χ2n) is 8.23. The zero-order valence-electron chi connectivity index (χ0n) is 16.7. The maximum absolute atomic E-state index is 12.4. The fraction of sp³-hybridized carbons (Fsp3) is 0.762. The Balaban J connectivity index is 1.36. The van der Waals surface area contributed by atoms with Crippen molar-refractivity contribution in [3.05, 3.63) is 17.5 Å². The highest BCUT2D eigenvalue weighted by Gasteiger charge is 2.29. The van der Waals surface area contributed by atoms with Gasteiger partial charge in [0.15, 0.2) is 0 Å². The predicted octanol–water partition coefficient (Wildman–Crippen LogP) is 2.27. The maximum atomic E-state index is 12.4. The Morgan fingerprint density at radius 2 is 1.89 bits per heavy atom. The molecule has 0 aromatic carbocycles. The molecule has 0 unspecified atom stereocenters. The van der Waals surface area contributed by atoms with Crippen molar-refractivity contribution in [3.63, 3.8) is 0 Å². The second kappa shape index (κ2) is 8.55. The third-order valence-corrected chi connectivity index (χ3v) is 6.50. The first kappa shape index (κ1) is 18.7. The molecule has 1 saturated carbocycles. The van der Waals surface area contributed by atoms with Crippen molar-refractivity contribution in [2.24, 2.45) is 0 Å². The Morgan fingerprint density at radius 3 is 2.59 bits per heavy atom. The van der Waals surface area contributed by atoms with E-state index in [1.54, 1.807) is 0 Å². The number of hydrogen-bond donors (Lipinski definition) is 0. The van der Waals surface area contributed by atoms with E-state index in [9.17, 15) is 4.79 Å². The number of hydrogen-bond acceptors (Lipinski definition) is 5. The van der Waals surface area contributed by atoms with E-state index >= 15 is 0 Å². The quantitative estimate of drug-likeness (QED) is 0.795. The van der Waals surface area contributed by atoms with Crippen molar-refractivity contribution < 1.29 is 4.79 Å². The molecular weight excluding hydrogens is 338 g/mol. The molecule has 0 atom stereocenters. The zero-order chi connectivity index (χ0) is 18.6. The van der Waals surface area contributed by atoms with Crippen molar-refractivity contribution in [1.29, 1.82) is 0 Å². The molecule has 6 nitrogen and oxygen atoms in total. The molecule has 3 heterocycles. The van der Waals surface area contributed by atoms with Gasteiger partial charge < -0.3 is 9.80 Å². The van der Waals surface area contributed by atoms with E-state index in [0.29, 0.717) is 12.3 Å². The van der Waals surface area contributed by atoms with Crippen molar-refractivity contribution in [3.8, 4) is 0 Å². The number of carbonyl (C=O) groups excluding carboxylic acids is 1. The molecule has 27 heavy (non-hydrogen) atoms. The molecule has 2 aliphatic heterocycles. The Labute approximate surface area is 162 Å². The van der Waals surface area contributed by atoms with Crippen molar-refractivity contribution in [2.75, 3.05) is 44.2 Å². The van der Waals surface area contributed by atoms with Crippen molar-refractivity contribution in [1.82, 2.24) is 19.8 Å². The third-order valence-electron chi connectivity index (χ3n) is 6.50. The molecule has 1 amide bonds. The van der Waals surface area contributed by atoms with Crippen molar-refractivity contribution in [2.45, 2.75) is 64.3 Å². The molecule has 0 spiro atoms. The molecule has 4 rings (SSSR count). The standard InChI is InChI=1S/C21H33N5O/c1-2-3-7-20(27)25-10-8-17-16-22-21(23-19(17)9-11-25)26-14-12-24(13-15-26)18-5-4-6-18/h16,18H,2-15H2,1H3. The van der Waals surface area contributed by atoms with Crippen LogP contribution in [0.1, 0.15) is 56.7 Å². The Hall–Kier alpha value is -1.69. The highest BCUT2D eigenvalue weighted by molar-refractivity contribution is 5.76. The summed E-state index contributed by atoms with van der Waals surface area (Å²) < 4.78 is 0. The average molecular weight is 372 g/mol. The molecule has 3 aliphatic rings. The number of rotatable bonds is 5. The van der Waals surface area contributed by atoms with E-state index in [1.165, 1.54) is 24.8 Å². The fourth-order valence-electron chi connectivity index (χ4n) is 4.39. The molecule has 2 fully saturated rings. The number of fused-ring (bicyclic) bond motifs is 1. The van der Waals surface area contributed by atoms with Gasteiger partial charge in [-0.3, -0.25) is 9.69 Å². The number of carbonyl (C=O) groups is 1. The van der Waals surface area contributed by atoms with Gasteiger partial charge in [-0.05, 0) is 31.2 Å². The summed E-state index contributed by atoms with van der Waals surface area (Å²) in [4.78, 5) is 29.0. The van der Waals surface area contributed by atoms with Crippen LogP contribution in [-0.4, -0.2) is 71.0 Å². The van der Waals surface area contributed by atoms with Gasteiger partial charge in [0.05, 0.1) is 5.69 Å². The predicted molar refractivity (Wildman–Crippen MR) is 107 cm³/mol. The summed E-state index contributed by atoms with van der Waals surface area (Å²) in [5.74, 6) is 1.18. The monoisotopic (exact) mass is 371 g/mol. The van der Waals surface area contributed by atoms with Crippen LogP contribution in [0.25, 0.3) is 0 Å². The van der Waals surface area contributed by atoms with Crippen LogP contribution in [-0.2, 0) is 17.6 Å². The van der Waals surface area contributed by atoms with Gasteiger partial charge >= 0.3 is 0 Å². The number of nitrogens with zero attached hydrogens (tertiary/aromatic N) is 5. The third kappa shape index (κ3) is 4.26. The van der Waals surface area contributed by atoms with Crippen LogP contribution in [0, 0.1) is 0 Å². The molecule has 1 aromatic heterocycles. The fourth-order valence-corrected chi connectivity index (χ4v) is 4.39. The van der Waals surface area contributed by atoms with Gasteiger partial charge in [-0.15, -0.1) is 0 Å². The minimum absolute atomic E-state index is 0.296. The maximum Gasteiger partial charge on any atom is 0.225 e. The topological polar surface area (TPSA) is 52.6 Å².